The van der Waals surface area contributed by atoms with Crippen LogP contribution in [0, 0.1) is 5.92 Å². The molecule has 2 atom stereocenters. The van der Waals surface area contributed by atoms with E-state index in [1.54, 1.807) is 0 Å². The summed E-state index contributed by atoms with van der Waals surface area (Å²) in [6.07, 6.45) is 7.85. The fourth-order valence-corrected chi connectivity index (χ4v) is 3.31. The van der Waals surface area contributed by atoms with Crippen LogP contribution in [-0.2, 0) is 4.79 Å². The molecule has 2 unspecified atom stereocenters. The van der Waals surface area contributed by atoms with Crippen LogP contribution in [0.15, 0.2) is 24.3 Å². The highest BCUT2D eigenvalue weighted by Gasteiger charge is 2.27. The molecule has 4 heteroatoms. The van der Waals surface area contributed by atoms with Crippen LogP contribution in [0.5, 0.6) is 5.75 Å². The van der Waals surface area contributed by atoms with Gasteiger partial charge in [0.15, 0.2) is 0 Å². The van der Waals surface area contributed by atoms with Gasteiger partial charge in [0.2, 0.25) is 5.91 Å². The van der Waals surface area contributed by atoms with Crippen molar-refractivity contribution in [2.24, 2.45) is 11.7 Å². The number of nitrogens with two attached hydrogens (primary N) is 1. The summed E-state index contributed by atoms with van der Waals surface area (Å²) in [4.78, 5) is 12.1. The van der Waals surface area contributed by atoms with E-state index in [2.05, 4.69) is 5.32 Å². The largest absolute Gasteiger partial charge is 0.490 e. The monoisotopic (exact) mass is 288 g/mol. The molecule has 1 aromatic carbocycles. The maximum Gasteiger partial charge on any atom is 0.227 e. The van der Waals surface area contributed by atoms with Crippen LogP contribution in [-0.4, -0.2) is 18.1 Å². The van der Waals surface area contributed by atoms with Crippen LogP contribution < -0.4 is 15.8 Å². The van der Waals surface area contributed by atoms with E-state index >= 15 is 0 Å². The van der Waals surface area contributed by atoms with Crippen LogP contribution >= 0.6 is 0 Å². The SMILES string of the molecule is NC1CCC(C(=O)Nc2ccc(OC3CCCC3)cc2)C1. The molecule has 0 saturated heterocycles. The topological polar surface area (TPSA) is 64.4 Å². The maximum atomic E-state index is 12.1. The van der Waals surface area contributed by atoms with Gasteiger partial charge >= 0.3 is 0 Å². The molecule has 0 aliphatic heterocycles. The molecule has 114 valence electrons. The van der Waals surface area contributed by atoms with Crippen molar-refractivity contribution in [2.45, 2.75) is 57.1 Å². The zero-order chi connectivity index (χ0) is 14.7. The molecule has 0 heterocycles. The van der Waals surface area contributed by atoms with Gasteiger partial charge in [0.25, 0.3) is 0 Å². The Balaban J connectivity index is 1.53. The minimum absolute atomic E-state index is 0.0643. The third kappa shape index (κ3) is 3.76. The van der Waals surface area contributed by atoms with E-state index in [0.29, 0.717) is 6.10 Å². The molecule has 0 radical (unpaired) electrons. The Morgan fingerprint density at radius 2 is 1.81 bits per heavy atom. The first-order chi connectivity index (χ1) is 10.2. The number of carbonyl (C=O) groups excluding carboxylic acids is 1. The Kier molecular flexibility index (Phi) is 4.44. The van der Waals surface area contributed by atoms with Crippen molar-refractivity contribution in [3.63, 3.8) is 0 Å². The summed E-state index contributed by atoms with van der Waals surface area (Å²) in [6, 6.07) is 7.89. The molecule has 2 fully saturated rings. The Hall–Kier alpha value is -1.55. The molecule has 21 heavy (non-hydrogen) atoms. The third-order valence-electron chi connectivity index (χ3n) is 4.57. The Morgan fingerprint density at radius 3 is 2.43 bits per heavy atom. The standard InChI is InChI=1S/C17H24N2O2/c18-13-6-5-12(11-13)17(20)19-14-7-9-16(10-8-14)21-15-3-1-2-4-15/h7-10,12-13,15H,1-6,11,18H2,(H,19,20). The van der Waals surface area contributed by atoms with E-state index in [0.717, 1.165) is 43.5 Å². The summed E-state index contributed by atoms with van der Waals surface area (Å²) in [6.45, 7) is 0. The smallest absolute Gasteiger partial charge is 0.227 e. The second-order valence-electron chi connectivity index (χ2n) is 6.31. The lowest BCUT2D eigenvalue weighted by Crippen LogP contribution is -2.23. The van der Waals surface area contributed by atoms with Crippen LogP contribution in [0.4, 0.5) is 5.69 Å². The molecule has 3 rings (SSSR count). The van der Waals surface area contributed by atoms with Gasteiger partial charge in [0.1, 0.15) is 5.75 Å². The average molecular weight is 288 g/mol. The fraction of sp³-hybridized carbons (Fsp3) is 0.588. The first-order valence-corrected chi connectivity index (χ1v) is 8.04. The maximum absolute atomic E-state index is 12.1. The number of hydrogen-bond acceptors (Lipinski definition) is 3. The molecule has 4 nitrogen and oxygen atoms in total. The van der Waals surface area contributed by atoms with Gasteiger partial charge in [-0.1, -0.05) is 0 Å². The van der Waals surface area contributed by atoms with E-state index < -0.39 is 0 Å². The molecule has 0 aromatic heterocycles. The third-order valence-corrected chi connectivity index (χ3v) is 4.57. The lowest BCUT2D eigenvalue weighted by molar-refractivity contribution is -0.119. The van der Waals surface area contributed by atoms with Gasteiger partial charge in [-0.3, -0.25) is 4.79 Å². The summed E-state index contributed by atoms with van der Waals surface area (Å²) >= 11 is 0. The second-order valence-corrected chi connectivity index (χ2v) is 6.31. The van der Waals surface area contributed by atoms with Crippen molar-refractivity contribution in [3.8, 4) is 5.75 Å². The molecule has 0 spiro atoms. The Morgan fingerprint density at radius 1 is 1.10 bits per heavy atom. The number of rotatable bonds is 4. The number of anilines is 1. The van der Waals surface area contributed by atoms with E-state index in [-0.39, 0.29) is 17.9 Å². The van der Waals surface area contributed by atoms with Crippen LogP contribution in [0.3, 0.4) is 0 Å². The summed E-state index contributed by atoms with van der Waals surface area (Å²) in [5.41, 5.74) is 6.69. The van der Waals surface area contributed by atoms with Crippen molar-refractivity contribution in [3.05, 3.63) is 24.3 Å². The van der Waals surface area contributed by atoms with Crippen LogP contribution in [0.1, 0.15) is 44.9 Å². The predicted octanol–water partition coefficient (Wildman–Crippen LogP) is 3.07. The normalized spacial score (nSPS) is 26.0. The summed E-state index contributed by atoms with van der Waals surface area (Å²) in [5.74, 6) is 1.05. The first kappa shape index (κ1) is 14.4. The lowest BCUT2D eigenvalue weighted by Gasteiger charge is -2.14. The zero-order valence-electron chi connectivity index (χ0n) is 12.4. The van der Waals surface area contributed by atoms with Gasteiger partial charge in [-0.05, 0) is 69.2 Å². The van der Waals surface area contributed by atoms with Crippen LogP contribution in [0.2, 0.25) is 0 Å². The molecule has 3 N–H and O–H groups in total. The zero-order valence-corrected chi connectivity index (χ0v) is 12.4. The summed E-state index contributed by atoms with van der Waals surface area (Å²) in [7, 11) is 0. The van der Waals surface area contributed by atoms with Crippen molar-refractivity contribution in [2.75, 3.05) is 5.32 Å². The minimum atomic E-state index is 0.0643. The Labute approximate surface area is 126 Å². The van der Waals surface area contributed by atoms with Crippen molar-refractivity contribution < 1.29 is 9.53 Å². The van der Waals surface area contributed by atoms with E-state index in [1.807, 2.05) is 24.3 Å². The fourth-order valence-electron chi connectivity index (χ4n) is 3.31. The van der Waals surface area contributed by atoms with Gasteiger partial charge in [-0.2, -0.15) is 0 Å². The highest BCUT2D eigenvalue weighted by Crippen LogP contribution is 2.27. The number of hydrogen-bond donors (Lipinski definition) is 2. The Bertz CT molecular complexity index is 480. The molecule has 2 aliphatic carbocycles. The lowest BCUT2D eigenvalue weighted by atomic mass is 10.1. The van der Waals surface area contributed by atoms with Gasteiger partial charge in [-0.25, -0.2) is 0 Å². The van der Waals surface area contributed by atoms with E-state index in [4.69, 9.17) is 10.5 Å². The quantitative estimate of drug-likeness (QED) is 0.895. The van der Waals surface area contributed by atoms with Gasteiger partial charge in [0.05, 0.1) is 6.10 Å². The predicted molar refractivity (Wildman–Crippen MR) is 83.3 cm³/mol. The highest BCUT2D eigenvalue weighted by molar-refractivity contribution is 5.92. The van der Waals surface area contributed by atoms with Gasteiger partial charge in [0, 0.05) is 17.6 Å². The van der Waals surface area contributed by atoms with E-state index in [9.17, 15) is 4.79 Å². The number of benzene rings is 1. The van der Waals surface area contributed by atoms with Crippen LogP contribution in [0.25, 0.3) is 0 Å². The minimum Gasteiger partial charge on any atom is -0.490 e. The van der Waals surface area contributed by atoms with Gasteiger partial charge in [-0.15, -0.1) is 0 Å². The molecule has 1 amide bonds. The first-order valence-electron chi connectivity index (χ1n) is 8.04. The van der Waals surface area contributed by atoms with E-state index in [1.165, 1.54) is 12.8 Å². The van der Waals surface area contributed by atoms with Crippen molar-refractivity contribution >= 4 is 11.6 Å². The molecule has 2 aliphatic rings. The van der Waals surface area contributed by atoms with Gasteiger partial charge < -0.3 is 15.8 Å². The number of nitrogens with one attached hydrogen (secondary N) is 1. The number of ether oxygens (including phenoxy) is 1. The molecule has 1 aromatic rings. The van der Waals surface area contributed by atoms with Crippen molar-refractivity contribution in [1.82, 2.24) is 0 Å². The second kappa shape index (κ2) is 6.48. The molecule has 2 saturated carbocycles. The summed E-state index contributed by atoms with van der Waals surface area (Å²) < 4.78 is 5.92. The molecule has 0 bridgehead atoms. The average Bonchev–Trinajstić information content (AvgIpc) is 3.12. The molecular weight excluding hydrogens is 264 g/mol. The van der Waals surface area contributed by atoms with Crippen molar-refractivity contribution in [1.29, 1.82) is 0 Å². The highest BCUT2D eigenvalue weighted by atomic mass is 16.5. The molecular formula is C17H24N2O2. The number of carbonyl (C=O) groups is 1. The number of amides is 1. The summed E-state index contributed by atoms with van der Waals surface area (Å²) in [5, 5.41) is 2.98.